The van der Waals surface area contributed by atoms with Gasteiger partial charge >= 0.3 is 6.09 Å². The fourth-order valence-corrected chi connectivity index (χ4v) is 4.23. The second-order valence-electron chi connectivity index (χ2n) is 8.12. The van der Waals surface area contributed by atoms with Gasteiger partial charge in [0.15, 0.2) is 0 Å². The molecule has 2 aromatic carbocycles. The summed E-state index contributed by atoms with van der Waals surface area (Å²) in [6.07, 6.45) is 1.54. The van der Waals surface area contributed by atoms with Crippen LogP contribution in [0.1, 0.15) is 30.3 Å². The van der Waals surface area contributed by atoms with E-state index in [0.29, 0.717) is 0 Å². The van der Waals surface area contributed by atoms with Crippen LogP contribution < -0.4 is 4.90 Å². The van der Waals surface area contributed by atoms with Crippen molar-refractivity contribution in [2.75, 3.05) is 25.5 Å². The third kappa shape index (κ3) is 3.72. The number of hydrogen-bond acceptors (Lipinski definition) is 3. The summed E-state index contributed by atoms with van der Waals surface area (Å²) in [7, 11) is 4.15. The Bertz CT molecular complexity index is 1030. The average Bonchev–Trinajstić information content (AvgIpc) is 3.03. The largest absolute Gasteiger partial charge is 0.465 e. The van der Waals surface area contributed by atoms with E-state index in [1.165, 1.54) is 10.5 Å². The molecule has 1 atom stereocenters. The summed E-state index contributed by atoms with van der Waals surface area (Å²) in [6.45, 7) is 3.74. The van der Waals surface area contributed by atoms with Gasteiger partial charge in [0.1, 0.15) is 5.82 Å². The number of hydrogen-bond donors (Lipinski definition) is 1. The quantitative estimate of drug-likeness (QED) is 0.713. The van der Waals surface area contributed by atoms with E-state index in [0.717, 1.165) is 60.5 Å². The van der Waals surface area contributed by atoms with Crippen molar-refractivity contribution >= 4 is 22.8 Å². The summed E-state index contributed by atoms with van der Waals surface area (Å²) in [4.78, 5) is 20.6. The van der Waals surface area contributed by atoms with Crippen molar-refractivity contribution in [1.82, 2.24) is 14.5 Å². The maximum absolute atomic E-state index is 11.8. The number of anilines is 1. The average molecular weight is 393 g/mol. The number of likely N-dealkylation sites (N-methyl/N-ethyl adjacent to an activating group) is 1. The molecule has 0 aliphatic carbocycles. The molecule has 152 valence electrons. The molecule has 1 aliphatic heterocycles. The smallest absolute Gasteiger partial charge is 0.412 e. The molecule has 1 aliphatic rings. The van der Waals surface area contributed by atoms with Crippen LogP contribution in [0.4, 0.5) is 10.5 Å². The molecule has 0 saturated carbocycles. The molecule has 0 unspecified atom stereocenters. The molecule has 1 aromatic heterocycles. The summed E-state index contributed by atoms with van der Waals surface area (Å²) in [5, 5.41) is 9.72. The van der Waals surface area contributed by atoms with Crippen LogP contribution in [0.25, 0.3) is 11.0 Å². The molecule has 2 heterocycles. The zero-order chi connectivity index (χ0) is 20.5. The second-order valence-corrected chi connectivity index (χ2v) is 8.12. The fourth-order valence-electron chi connectivity index (χ4n) is 4.23. The van der Waals surface area contributed by atoms with Gasteiger partial charge in [-0.2, -0.15) is 0 Å². The van der Waals surface area contributed by atoms with E-state index in [-0.39, 0.29) is 6.04 Å². The number of aromatic nitrogens is 2. The van der Waals surface area contributed by atoms with Crippen molar-refractivity contribution in [2.45, 2.75) is 38.8 Å². The number of fused-ring (bicyclic) bond motifs is 3. The number of amides is 1. The predicted octanol–water partition coefficient (Wildman–Crippen LogP) is 4.01. The van der Waals surface area contributed by atoms with Crippen molar-refractivity contribution in [3.05, 3.63) is 59.4 Å². The zero-order valence-corrected chi connectivity index (χ0v) is 17.3. The Balaban J connectivity index is 1.84. The summed E-state index contributed by atoms with van der Waals surface area (Å²) in [5.41, 5.74) is 5.11. The van der Waals surface area contributed by atoms with Crippen molar-refractivity contribution in [2.24, 2.45) is 0 Å². The number of aryl methyl sites for hydroxylation is 1. The van der Waals surface area contributed by atoms with Crippen LogP contribution in [0.2, 0.25) is 0 Å². The number of carbonyl (C=O) groups is 1. The van der Waals surface area contributed by atoms with Crippen LogP contribution in [0, 0.1) is 0 Å². The Morgan fingerprint density at radius 3 is 2.66 bits per heavy atom. The molecule has 0 radical (unpaired) electrons. The highest BCUT2D eigenvalue weighted by molar-refractivity contribution is 5.94. The van der Waals surface area contributed by atoms with E-state index >= 15 is 0 Å². The molecule has 0 fully saturated rings. The normalized spacial score (nSPS) is 16.4. The topological polar surface area (TPSA) is 61.6 Å². The molecule has 6 nitrogen and oxygen atoms in total. The van der Waals surface area contributed by atoms with Gasteiger partial charge in [-0.05, 0) is 51.6 Å². The Morgan fingerprint density at radius 1 is 1.21 bits per heavy atom. The van der Waals surface area contributed by atoms with Crippen LogP contribution in [-0.2, 0) is 19.4 Å². The number of benzene rings is 2. The highest BCUT2D eigenvalue weighted by atomic mass is 16.4. The van der Waals surface area contributed by atoms with Crippen LogP contribution in [0.5, 0.6) is 0 Å². The molecule has 4 rings (SSSR count). The molecule has 0 spiro atoms. The molecule has 3 aromatic rings. The maximum Gasteiger partial charge on any atom is 0.412 e. The monoisotopic (exact) mass is 392 g/mol. The van der Waals surface area contributed by atoms with Crippen molar-refractivity contribution in [1.29, 1.82) is 0 Å². The minimum Gasteiger partial charge on any atom is -0.465 e. The predicted molar refractivity (Wildman–Crippen MR) is 116 cm³/mol. The van der Waals surface area contributed by atoms with E-state index in [2.05, 4.69) is 47.8 Å². The van der Waals surface area contributed by atoms with Crippen molar-refractivity contribution < 1.29 is 9.90 Å². The number of nitrogens with zero attached hydrogens (tertiary/aromatic N) is 4. The lowest BCUT2D eigenvalue weighted by Gasteiger charge is -2.33. The SMILES string of the molecule is C[C@H]1CCc2c(ccc3c2nc(Cc2ccccc2)n3CCN(C)C)N1C(=O)O. The molecule has 1 N–H and O–H groups in total. The standard InChI is InChI=1S/C23H28N4O2/c1-16-9-10-18-19(27(16)23(28)29)11-12-20-22(18)24-21(26(20)14-13-25(2)3)15-17-7-5-4-6-8-17/h4-8,11-12,16H,9-10,13-15H2,1-3H3,(H,28,29)/t16-/m0/s1. The second kappa shape index (κ2) is 7.87. The van der Waals surface area contributed by atoms with Crippen LogP contribution in [-0.4, -0.2) is 52.3 Å². The highest BCUT2D eigenvalue weighted by Gasteiger charge is 2.30. The lowest BCUT2D eigenvalue weighted by molar-refractivity contribution is 0.198. The van der Waals surface area contributed by atoms with Gasteiger partial charge in [0.25, 0.3) is 0 Å². The Morgan fingerprint density at radius 2 is 1.97 bits per heavy atom. The molecule has 29 heavy (non-hydrogen) atoms. The molecule has 0 saturated heterocycles. The minimum atomic E-state index is -0.894. The van der Waals surface area contributed by atoms with E-state index < -0.39 is 6.09 Å². The van der Waals surface area contributed by atoms with Crippen LogP contribution in [0.15, 0.2) is 42.5 Å². The van der Waals surface area contributed by atoms with Gasteiger partial charge in [-0.3, -0.25) is 4.90 Å². The van der Waals surface area contributed by atoms with Gasteiger partial charge in [-0.25, -0.2) is 9.78 Å². The van der Waals surface area contributed by atoms with Gasteiger partial charge < -0.3 is 14.6 Å². The summed E-state index contributed by atoms with van der Waals surface area (Å²) in [6, 6.07) is 14.4. The lowest BCUT2D eigenvalue weighted by atomic mass is 9.96. The summed E-state index contributed by atoms with van der Waals surface area (Å²) >= 11 is 0. The zero-order valence-electron chi connectivity index (χ0n) is 17.3. The first-order valence-electron chi connectivity index (χ1n) is 10.2. The third-order valence-corrected chi connectivity index (χ3v) is 5.77. The van der Waals surface area contributed by atoms with Gasteiger partial charge in [-0.1, -0.05) is 30.3 Å². The van der Waals surface area contributed by atoms with E-state index in [1.807, 2.05) is 25.1 Å². The number of imidazole rings is 1. The Hall–Kier alpha value is -2.86. The first kappa shape index (κ1) is 19.5. The van der Waals surface area contributed by atoms with E-state index in [4.69, 9.17) is 4.98 Å². The third-order valence-electron chi connectivity index (χ3n) is 5.77. The maximum atomic E-state index is 11.8. The summed E-state index contributed by atoms with van der Waals surface area (Å²) < 4.78 is 2.30. The van der Waals surface area contributed by atoms with Crippen molar-refractivity contribution in [3.63, 3.8) is 0 Å². The fraction of sp³-hybridized carbons (Fsp3) is 0.391. The molecule has 0 bridgehead atoms. The summed E-state index contributed by atoms with van der Waals surface area (Å²) in [5.74, 6) is 1.03. The number of carboxylic acid groups (broad SMARTS) is 1. The molecular weight excluding hydrogens is 364 g/mol. The molecule has 1 amide bonds. The Kier molecular flexibility index (Phi) is 5.28. The molecular formula is C23H28N4O2. The van der Waals surface area contributed by atoms with Gasteiger partial charge in [0.2, 0.25) is 0 Å². The highest BCUT2D eigenvalue weighted by Crippen LogP contribution is 2.36. The first-order valence-corrected chi connectivity index (χ1v) is 10.2. The van der Waals surface area contributed by atoms with Gasteiger partial charge in [0.05, 0.1) is 16.7 Å². The van der Waals surface area contributed by atoms with Crippen LogP contribution >= 0.6 is 0 Å². The minimum absolute atomic E-state index is 0.0166. The molecule has 6 heteroatoms. The van der Waals surface area contributed by atoms with E-state index in [1.54, 1.807) is 0 Å². The van der Waals surface area contributed by atoms with Gasteiger partial charge in [0, 0.05) is 31.1 Å². The van der Waals surface area contributed by atoms with E-state index in [9.17, 15) is 9.90 Å². The number of rotatable bonds is 5. The van der Waals surface area contributed by atoms with Crippen molar-refractivity contribution in [3.8, 4) is 0 Å². The lowest BCUT2D eigenvalue weighted by Crippen LogP contribution is -2.41. The van der Waals surface area contributed by atoms with Gasteiger partial charge in [-0.15, -0.1) is 0 Å². The Labute approximate surface area is 171 Å². The van der Waals surface area contributed by atoms with Crippen LogP contribution in [0.3, 0.4) is 0 Å². The first-order chi connectivity index (χ1) is 14.0.